The Bertz CT molecular complexity index is 607. The van der Waals surface area contributed by atoms with Crippen molar-refractivity contribution in [1.82, 2.24) is 5.32 Å². The summed E-state index contributed by atoms with van der Waals surface area (Å²) >= 11 is 0. The number of rotatable bonds is 5. The van der Waals surface area contributed by atoms with Crippen molar-refractivity contribution >= 4 is 30.0 Å². The smallest absolute Gasteiger partial charge is 0.337 e. The van der Waals surface area contributed by atoms with E-state index in [1.54, 1.807) is 18.2 Å². The van der Waals surface area contributed by atoms with Crippen molar-refractivity contribution in [1.29, 1.82) is 0 Å². The van der Waals surface area contributed by atoms with Crippen LogP contribution in [0.15, 0.2) is 18.2 Å². The highest BCUT2D eigenvalue weighted by Crippen LogP contribution is 2.29. The van der Waals surface area contributed by atoms with Crippen LogP contribution in [-0.4, -0.2) is 37.7 Å². The Morgan fingerprint density at radius 2 is 2.04 bits per heavy atom. The predicted octanol–water partition coefficient (Wildman–Crippen LogP) is 3.01. The Morgan fingerprint density at radius 3 is 2.64 bits per heavy atom. The highest BCUT2D eigenvalue weighted by Gasteiger charge is 2.25. The van der Waals surface area contributed by atoms with E-state index in [9.17, 15) is 9.59 Å². The van der Waals surface area contributed by atoms with Gasteiger partial charge in [-0.15, -0.1) is 12.4 Å². The van der Waals surface area contributed by atoms with Crippen molar-refractivity contribution in [3.8, 4) is 5.75 Å². The molecule has 1 fully saturated rings. The minimum Gasteiger partial charge on any atom is -0.489 e. The third-order valence-corrected chi connectivity index (χ3v) is 4.02. The fourth-order valence-corrected chi connectivity index (χ4v) is 2.83. The molecule has 0 aromatic heterocycles. The van der Waals surface area contributed by atoms with E-state index in [0.29, 0.717) is 23.0 Å². The number of esters is 1. The van der Waals surface area contributed by atoms with Crippen LogP contribution < -0.4 is 15.4 Å². The third-order valence-electron chi connectivity index (χ3n) is 4.02. The molecule has 1 heterocycles. The number of amides is 1. The topological polar surface area (TPSA) is 76.7 Å². The second-order valence-electron chi connectivity index (χ2n) is 6.43. The van der Waals surface area contributed by atoms with Crippen LogP contribution in [0.3, 0.4) is 0 Å². The Kier molecular flexibility index (Phi) is 8.19. The average molecular weight is 371 g/mol. The number of halogens is 1. The minimum atomic E-state index is -0.447. The number of methoxy groups -OCH3 is 1. The van der Waals surface area contributed by atoms with E-state index in [0.717, 1.165) is 19.4 Å². The zero-order valence-corrected chi connectivity index (χ0v) is 15.9. The zero-order valence-electron chi connectivity index (χ0n) is 15.1. The molecular formula is C18H27ClN2O4. The van der Waals surface area contributed by atoms with Gasteiger partial charge in [0.1, 0.15) is 5.75 Å². The van der Waals surface area contributed by atoms with Gasteiger partial charge in [-0.05, 0) is 58.4 Å². The van der Waals surface area contributed by atoms with Crippen molar-refractivity contribution in [3.05, 3.63) is 23.8 Å². The van der Waals surface area contributed by atoms with Crippen molar-refractivity contribution < 1.29 is 19.1 Å². The minimum absolute atomic E-state index is 0. The van der Waals surface area contributed by atoms with Crippen LogP contribution in [0.2, 0.25) is 0 Å². The molecule has 140 valence electrons. The zero-order chi connectivity index (χ0) is 17.7. The average Bonchev–Trinajstić information content (AvgIpc) is 2.55. The summed E-state index contributed by atoms with van der Waals surface area (Å²) in [5, 5.41) is 6.26. The van der Waals surface area contributed by atoms with E-state index in [4.69, 9.17) is 9.47 Å². The number of nitrogens with one attached hydrogen (secondary N) is 2. The van der Waals surface area contributed by atoms with Gasteiger partial charge in [-0.2, -0.15) is 0 Å². The van der Waals surface area contributed by atoms with Crippen molar-refractivity contribution in [2.45, 2.75) is 45.8 Å². The van der Waals surface area contributed by atoms with Gasteiger partial charge in [-0.1, -0.05) is 0 Å². The molecule has 0 spiro atoms. The lowest BCUT2D eigenvalue weighted by Gasteiger charge is -2.27. The monoisotopic (exact) mass is 370 g/mol. The molecule has 2 N–H and O–H groups in total. The van der Waals surface area contributed by atoms with E-state index < -0.39 is 5.97 Å². The summed E-state index contributed by atoms with van der Waals surface area (Å²) in [5.74, 6) is 0.0129. The molecule has 1 saturated heterocycles. The van der Waals surface area contributed by atoms with Crippen molar-refractivity contribution in [2.75, 3.05) is 19.0 Å². The molecule has 0 saturated carbocycles. The molecule has 7 heteroatoms. The summed E-state index contributed by atoms with van der Waals surface area (Å²) in [4.78, 5) is 24.3. The van der Waals surface area contributed by atoms with Gasteiger partial charge in [0.25, 0.3) is 0 Å². The Hall–Kier alpha value is -1.79. The van der Waals surface area contributed by atoms with Crippen LogP contribution in [-0.2, 0) is 9.53 Å². The Morgan fingerprint density at radius 1 is 1.32 bits per heavy atom. The van der Waals surface area contributed by atoms with Gasteiger partial charge in [-0.3, -0.25) is 4.79 Å². The van der Waals surface area contributed by atoms with Crippen LogP contribution >= 0.6 is 12.4 Å². The molecule has 25 heavy (non-hydrogen) atoms. The number of ether oxygens (including phenoxy) is 2. The molecule has 0 unspecified atom stereocenters. The first-order chi connectivity index (χ1) is 11.4. The van der Waals surface area contributed by atoms with E-state index in [1.165, 1.54) is 7.11 Å². The van der Waals surface area contributed by atoms with Crippen molar-refractivity contribution in [2.24, 2.45) is 5.92 Å². The molecule has 1 aliphatic heterocycles. The summed E-state index contributed by atoms with van der Waals surface area (Å²) < 4.78 is 10.5. The molecular weight excluding hydrogens is 344 g/mol. The van der Waals surface area contributed by atoms with Gasteiger partial charge < -0.3 is 20.1 Å². The molecule has 0 radical (unpaired) electrons. The van der Waals surface area contributed by atoms with Crippen LogP contribution in [0.25, 0.3) is 0 Å². The summed E-state index contributed by atoms with van der Waals surface area (Å²) in [6.45, 7) is 6.73. The lowest BCUT2D eigenvalue weighted by molar-refractivity contribution is -0.120. The first-order valence-corrected chi connectivity index (χ1v) is 8.34. The van der Waals surface area contributed by atoms with Gasteiger partial charge in [-0.25, -0.2) is 4.79 Å². The number of benzene rings is 1. The highest BCUT2D eigenvalue weighted by molar-refractivity contribution is 5.97. The predicted molar refractivity (Wildman–Crippen MR) is 99.6 cm³/mol. The molecule has 1 aromatic rings. The molecule has 0 bridgehead atoms. The van der Waals surface area contributed by atoms with Crippen LogP contribution in [0, 0.1) is 5.92 Å². The standard InChI is InChI=1S/C18H26N2O4.ClH/c1-11(2)24-16-6-5-14(18(22)23-4)10-15(16)20-17(21)13-7-8-19-12(3)9-13;/h5-6,10-13,19H,7-9H2,1-4H3,(H,20,21);1H/t12-,13-;/m0./s1. The number of hydrogen-bond acceptors (Lipinski definition) is 5. The Balaban J connectivity index is 0.00000312. The van der Waals surface area contributed by atoms with Gasteiger partial charge >= 0.3 is 5.97 Å². The molecule has 1 aliphatic rings. The summed E-state index contributed by atoms with van der Waals surface area (Å²) in [6, 6.07) is 5.24. The maximum atomic E-state index is 12.6. The lowest BCUT2D eigenvalue weighted by atomic mass is 9.92. The number of carbonyl (C=O) groups is 2. The molecule has 0 aliphatic carbocycles. The first-order valence-electron chi connectivity index (χ1n) is 8.34. The summed E-state index contributed by atoms with van der Waals surface area (Å²) in [5.41, 5.74) is 0.880. The molecule has 6 nitrogen and oxygen atoms in total. The third kappa shape index (κ3) is 5.90. The van der Waals surface area contributed by atoms with E-state index in [-0.39, 0.29) is 30.3 Å². The normalized spacial score (nSPS) is 19.7. The van der Waals surface area contributed by atoms with E-state index in [1.807, 2.05) is 13.8 Å². The number of piperidine rings is 1. The SMILES string of the molecule is COC(=O)c1ccc(OC(C)C)c(NC(=O)[C@H]2CCN[C@@H](C)C2)c1.Cl. The second kappa shape index (κ2) is 9.63. The summed E-state index contributed by atoms with van der Waals surface area (Å²) in [6.07, 6.45) is 1.55. The maximum absolute atomic E-state index is 12.6. The lowest BCUT2D eigenvalue weighted by Crippen LogP contribution is -2.40. The van der Waals surface area contributed by atoms with E-state index in [2.05, 4.69) is 17.6 Å². The first kappa shape index (κ1) is 21.3. The summed E-state index contributed by atoms with van der Waals surface area (Å²) in [7, 11) is 1.33. The van der Waals surface area contributed by atoms with Crippen LogP contribution in [0.5, 0.6) is 5.75 Å². The number of hydrogen-bond donors (Lipinski definition) is 2. The molecule has 2 rings (SSSR count). The maximum Gasteiger partial charge on any atom is 0.337 e. The molecule has 1 amide bonds. The number of carbonyl (C=O) groups excluding carboxylic acids is 2. The molecule has 2 atom stereocenters. The van der Waals surface area contributed by atoms with Crippen LogP contribution in [0.4, 0.5) is 5.69 Å². The van der Waals surface area contributed by atoms with Crippen molar-refractivity contribution in [3.63, 3.8) is 0 Å². The van der Waals surface area contributed by atoms with E-state index >= 15 is 0 Å². The second-order valence-corrected chi connectivity index (χ2v) is 6.43. The fourth-order valence-electron chi connectivity index (χ4n) is 2.83. The Labute approximate surface area is 155 Å². The number of anilines is 1. The van der Waals surface area contributed by atoms with Gasteiger partial charge in [0.2, 0.25) is 5.91 Å². The van der Waals surface area contributed by atoms with Gasteiger partial charge in [0.05, 0.1) is 24.5 Å². The quantitative estimate of drug-likeness (QED) is 0.779. The fraction of sp³-hybridized carbons (Fsp3) is 0.556. The largest absolute Gasteiger partial charge is 0.489 e. The highest BCUT2D eigenvalue weighted by atomic mass is 35.5. The van der Waals surface area contributed by atoms with Gasteiger partial charge in [0, 0.05) is 12.0 Å². The molecule has 1 aromatic carbocycles. The van der Waals surface area contributed by atoms with Gasteiger partial charge in [0.15, 0.2) is 0 Å². The van der Waals surface area contributed by atoms with Crippen LogP contribution in [0.1, 0.15) is 44.0 Å².